The maximum absolute atomic E-state index is 5.68. The van der Waals surface area contributed by atoms with Crippen molar-refractivity contribution in [1.29, 1.82) is 0 Å². The Morgan fingerprint density at radius 1 is 1.33 bits per heavy atom. The van der Waals surface area contributed by atoms with Crippen LogP contribution in [0.3, 0.4) is 0 Å². The van der Waals surface area contributed by atoms with Crippen LogP contribution in [-0.4, -0.2) is 6.04 Å². The highest BCUT2D eigenvalue weighted by Crippen LogP contribution is 2.48. The highest BCUT2D eigenvalue weighted by atomic mass is 14.6. The van der Waals surface area contributed by atoms with Crippen LogP contribution in [0, 0.1) is 17.8 Å². The summed E-state index contributed by atoms with van der Waals surface area (Å²) in [4.78, 5) is 0. The van der Waals surface area contributed by atoms with Gasteiger partial charge in [0.25, 0.3) is 0 Å². The molecule has 0 aromatic rings. The van der Waals surface area contributed by atoms with Crippen LogP contribution in [0.4, 0.5) is 0 Å². The van der Waals surface area contributed by atoms with Crippen LogP contribution in [0.5, 0.6) is 0 Å². The van der Waals surface area contributed by atoms with Crippen molar-refractivity contribution >= 4 is 0 Å². The average molecular weight is 165 g/mol. The SMILES string of the molecule is CC(N)/C=C/C1CC2CCC1C2. The number of rotatable bonds is 2. The second kappa shape index (κ2) is 3.21. The summed E-state index contributed by atoms with van der Waals surface area (Å²) in [5, 5.41) is 0. The molecule has 0 aromatic heterocycles. The molecule has 0 aliphatic heterocycles. The Morgan fingerprint density at radius 3 is 2.67 bits per heavy atom. The maximum atomic E-state index is 5.68. The summed E-state index contributed by atoms with van der Waals surface area (Å²) < 4.78 is 0. The third-order valence-corrected chi connectivity index (χ3v) is 3.45. The van der Waals surface area contributed by atoms with Gasteiger partial charge in [0.1, 0.15) is 0 Å². The molecule has 1 heteroatoms. The minimum absolute atomic E-state index is 0.240. The Bertz CT molecular complexity index is 183. The van der Waals surface area contributed by atoms with Gasteiger partial charge >= 0.3 is 0 Å². The van der Waals surface area contributed by atoms with Gasteiger partial charge < -0.3 is 5.73 Å². The summed E-state index contributed by atoms with van der Waals surface area (Å²) in [6.45, 7) is 2.05. The van der Waals surface area contributed by atoms with E-state index in [1.165, 1.54) is 25.7 Å². The molecule has 2 aliphatic rings. The zero-order valence-electron chi connectivity index (χ0n) is 7.87. The smallest absolute Gasteiger partial charge is 0.0194 e. The van der Waals surface area contributed by atoms with E-state index in [4.69, 9.17) is 5.73 Å². The topological polar surface area (TPSA) is 26.0 Å². The summed E-state index contributed by atoms with van der Waals surface area (Å²) >= 11 is 0. The first-order valence-electron chi connectivity index (χ1n) is 5.19. The molecule has 4 unspecified atom stereocenters. The van der Waals surface area contributed by atoms with Gasteiger partial charge in [-0.15, -0.1) is 0 Å². The van der Waals surface area contributed by atoms with E-state index in [0.29, 0.717) is 0 Å². The first-order chi connectivity index (χ1) is 5.75. The van der Waals surface area contributed by atoms with Gasteiger partial charge in [-0.25, -0.2) is 0 Å². The Kier molecular flexibility index (Phi) is 2.22. The third-order valence-electron chi connectivity index (χ3n) is 3.45. The first-order valence-corrected chi connectivity index (χ1v) is 5.19. The molecule has 0 heterocycles. The molecule has 2 saturated carbocycles. The second-order valence-corrected chi connectivity index (χ2v) is 4.58. The van der Waals surface area contributed by atoms with E-state index in [1.807, 2.05) is 6.92 Å². The minimum atomic E-state index is 0.240. The molecule has 2 bridgehead atoms. The number of fused-ring (bicyclic) bond motifs is 2. The fourth-order valence-electron chi connectivity index (χ4n) is 2.85. The lowest BCUT2D eigenvalue weighted by molar-refractivity contribution is 0.394. The predicted molar refractivity (Wildman–Crippen MR) is 51.7 cm³/mol. The molecule has 2 N–H and O–H groups in total. The Hall–Kier alpha value is -0.300. The van der Waals surface area contributed by atoms with Crippen molar-refractivity contribution in [2.75, 3.05) is 0 Å². The molecule has 4 atom stereocenters. The molecule has 0 spiro atoms. The van der Waals surface area contributed by atoms with Crippen LogP contribution >= 0.6 is 0 Å². The van der Waals surface area contributed by atoms with Gasteiger partial charge in [-0.1, -0.05) is 18.6 Å². The van der Waals surface area contributed by atoms with Crippen molar-refractivity contribution in [1.82, 2.24) is 0 Å². The zero-order chi connectivity index (χ0) is 8.55. The fourth-order valence-corrected chi connectivity index (χ4v) is 2.85. The van der Waals surface area contributed by atoms with Gasteiger partial charge in [-0.2, -0.15) is 0 Å². The van der Waals surface area contributed by atoms with E-state index in [-0.39, 0.29) is 6.04 Å². The van der Waals surface area contributed by atoms with Crippen molar-refractivity contribution in [3.8, 4) is 0 Å². The molecule has 2 aliphatic carbocycles. The number of hydrogen-bond acceptors (Lipinski definition) is 1. The van der Waals surface area contributed by atoms with Crippen molar-refractivity contribution in [3.05, 3.63) is 12.2 Å². The number of allylic oxidation sites excluding steroid dienone is 1. The second-order valence-electron chi connectivity index (χ2n) is 4.58. The average Bonchev–Trinajstić information content (AvgIpc) is 2.60. The molecule has 2 fully saturated rings. The molecular weight excluding hydrogens is 146 g/mol. The van der Waals surface area contributed by atoms with Crippen molar-refractivity contribution in [2.45, 2.75) is 38.6 Å². The Morgan fingerprint density at radius 2 is 2.17 bits per heavy atom. The summed E-state index contributed by atoms with van der Waals surface area (Å²) in [7, 11) is 0. The van der Waals surface area contributed by atoms with Crippen LogP contribution in [-0.2, 0) is 0 Å². The van der Waals surface area contributed by atoms with Gasteiger partial charge in [0.05, 0.1) is 0 Å². The summed E-state index contributed by atoms with van der Waals surface area (Å²) in [5.41, 5.74) is 5.68. The molecule has 1 nitrogen and oxygen atoms in total. The maximum Gasteiger partial charge on any atom is 0.0194 e. The van der Waals surface area contributed by atoms with Crippen molar-refractivity contribution in [2.24, 2.45) is 23.5 Å². The van der Waals surface area contributed by atoms with Gasteiger partial charge in [-0.05, 0) is 43.9 Å². The molecule has 12 heavy (non-hydrogen) atoms. The molecule has 0 aromatic carbocycles. The molecule has 0 amide bonds. The molecule has 0 saturated heterocycles. The normalized spacial score (nSPS) is 42.7. The zero-order valence-corrected chi connectivity index (χ0v) is 7.87. The summed E-state index contributed by atoms with van der Waals surface area (Å²) in [6, 6.07) is 0.240. The fraction of sp³-hybridized carbons (Fsp3) is 0.818. The predicted octanol–water partition coefficient (Wildman–Crippen LogP) is 2.33. The molecule has 0 radical (unpaired) electrons. The van der Waals surface area contributed by atoms with Crippen LogP contribution in [0.1, 0.15) is 32.6 Å². The highest BCUT2D eigenvalue weighted by Gasteiger charge is 2.37. The largest absolute Gasteiger partial charge is 0.325 e. The van der Waals surface area contributed by atoms with Gasteiger partial charge in [-0.3, -0.25) is 0 Å². The van der Waals surface area contributed by atoms with E-state index in [9.17, 15) is 0 Å². The first kappa shape index (κ1) is 8.31. The summed E-state index contributed by atoms with van der Waals surface area (Å²) in [6.07, 6.45) is 10.4. The molecular formula is C11H19N. The van der Waals surface area contributed by atoms with Gasteiger partial charge in [0.15, 0.2) is 0 Å². The highest BCUT2D eigenvalue weighted by molar-refractivity contribution is 5.02. The lowest BCUT2D eigenvalue weighted by atomic mass is 9.88. The van der Waals surface area contributed by atoms with Gasteiger partial charge in [0, 0.05) is 6.04 Å². The molecule has 2 rings (SSSR count). The van der Waals surface area contributed by atoms with E-state index in [1.54, 1.807) is 0 Å². The Balaban J connectivity index is 1.90. The van der Waals surface area contributed by atoms with E-state index in [2.05, 4.69) is 12.2 Å². The minimum Gasteiger partial charge on any atom is -0.325 e. The van der Waals surface area contributed by atoms with Gasteiger partial charge in [0.2, 0.25) is 0 Å². The lowest BCUT2D eigenvalue weighted by Gasteiger charge is -2.17. The van der Waals surface area contributed by atoms with Crippen LogP contribution in [0.15, 0.2) is 12.2 Å². The Labute approximate surface area is 75.0 Å². The standard InChI is InChI=1S/C11H19N/c1-8(12)2-4-10-6-9-3-5-11(10)7-9/h2,4,8-11H,3,5-7,12H2,1H3/b4-2+. The number of nitrogens with two attached hydrogens (primary N) is 1. The van der Waals surface area contributed by atoms with E-state index < -0.39 is 0 Å². The number of hydrogen-bond donors (Lipinski definition) is 1. The van der Waals surface area contributed by atoms with Crippen LogP contribution in [0.25, 0.3) is 0 Å². The lowest BCUT2D eigenvalue weighted by Crippen LogP contribution is -2.13. The third kappa shape index (κ3) is 1.56. The van der Waals surface area contributed by atoms with Crippen molar-refractivity contribution < 1.29 is 0 Å². The monoisotopic (exact) mass is 165 g/mol. The van der Waals surface area contributed by atoms with E-state index in [0.717, 1.165) is 17.8 Å². The molecule has 68 valence electrons. The van der Waals surface area contributed by atoms with E-state index >= 15 is 0 Å². The van der Waals surface area contributed by atoms with Crippen LogP contribution < -0.4 is 5.73 Å². The quantitative estimate of drug-likeness (QED) is 0.624. The van der Waals surface area contributed by atoms with Crippen LogP contribution in [0.2, 0.25) is 0 Å². The summed E-state index contributed by atoms with van der Waals surface area (Å²) in [5.74, 6) is 2.93. The van der Waals surface area contributed by atoms with Crippen molar-refractivity contribution in [3.63, 3.8) is 0 Å².